The second kappa shape index (κ2) is 7.56. The number of likely N-dealkylation sites (tertiary alicyclic amines) is 1. The van der Waals surface area contributed by atoms with Crippen molar-refractivity contribution in [1.82, 2.24) is 9.88 Å². The van der Waals surface area contributed by atoms with Gasteiger partial charge in [0.25, 0.3) is 5.91 Å². The fourth-order valence-electron chi connectivity index (χ4n) is 3.39. The molecule has 0 saturated carbocycles. The van der Waals surface area contributed by atoms with Crippen molar-refractivity contribution in [3.05, 3.63) is 76.9 Å². The van der Waals surface area contributed by atoms with Gasteiger partial charge in [0, 0.05) is 25.2 Å². The molecule has 138 valence electrons. The summed E-state index contributed by atoms with van der Waals surface area (Å²) in [4.78, 5) is 19.9. The van der Waals surface area contributed by atoms with Crippen LogP contribution in [0.15, 0.2) is 54.7 Å². The molecule has 2 heterocycles. The molecule has 6 heteroatoms. The zero-order chi connectivity index (χ0) is 18.8. The zero-order valence-corrected chi connectivity index (χ0v) is 15.4. The molecule has 27 heavy (non-hydrogen) atoms. The van der Waals surface area contributed by atoms with Crippen LogP contribution in [0.5, 0.6) is 0 Å². The van der Waals surface area contributed by atoms with Crippen molar-refractivity contribution in [1.29, 1.82) is 0 Å². The van der Waals surface area contributed by atoms with Crippen LogP contribution in [0.25, 0.3) is 10.4 Å². The molecule has 1 fully saturated rings. The van der Waals surface area contributed by atoms with E-state index in [0.717, 1.165) is 28.3 Å². The quantitative estimate of drug-likeness (QED) is 0.629. The van der Waals surface area contributed by atoms with Crippen LogP contribution in [0.1, 0.15) is 34.1 Å². The number of aromatic nitrogens is 1. The van der Waals surface area contributed by atoms with Gasteiger partial charge in [-0.25, -0.2) is 13.8 Å². The molecule has 1 aliphatic rings. The predicted molar refractivity (Wildman–Crippen MR) is 102 cm³/mol. The fraction of sp³-hybridized carbons (Fsp3) is 0.238. The minimum Gasteiger partial charge on any atom is -0.338 e. The van der Waals surface area contributed by atoms with Gasteiger partial charge in [-0.1, -0.05) is 24.3 Å². The maximum absolute atomic E-state index is 14.0. The molecule has 1 unspecified atom stereocenters. The number of rotatable bonds is 3. The highest BCUT2D eigenvalue weighted by Gasteiger charge is 2.28. The summed E-state index contributed by atoms with van der Waals surface area (Å²) in [6.45, 7) is 1.16. The first kappa shape index (κ1) is 17.8. The van der Waals surface area contributed by atoms with E-state index in [9.17, 15) is 13.6 Å². The number of halogens is 2. The van der Waals surface area contributed by atoms with Crippen molar-refractivity contribution >= 4 is 17.2 Å². The summed E-state index contributed by atoms with van der Waals surface area (Å²) in [5.41, 5.74) is 1.04. The summed E-state index contributed by atoms with van der Waals surface area (Å²) in [5.74, 6) is -0.891. The van der Waals surface area contributed by atoms with Crippen molar-refractivity contribution in [3.8, 4) is 10.4 Å². The SMILES string of the molecule is O=C(c1ccccc1F)N1CCCC(c2ncc(-c3ccc(F)cc3)s2)C1. The molecule has 0 spiro atoms. The number of hydrogen-bond donors (Lipinski definition) is 0. The molecule has 1 atom stereocenters. The summed E-state index contributed by atoms with van der Waals surface area (Å²) in [6, 6.07) is 12.4. The standard InChI is InChI=1S/C21H18F2N2OS/c22-16-9-7-14(8-10-16)19-12-24-20(27-19)15-4-3-11-25(13-15)21(26)17-5-1-2-6-18(17)23/h1-2,5-10,12,15H,3-4,11,13H2. The van der Waals surface area contributed by atoms with Crippen LogP contribution >= 0.6 is 11.3 Å². The molecule has 1 amide bonds. The summed E-state index contributed by atoms with van der Waals surface area (Å²) < 4.78 is 27.1. The lowest BCUT2D eigenvalue weighted by molar-refractivity contribution is 0.0702. The summed E-state index contributed by atoms with van der Waals surface area (Å²) in [7, 11) is 0. The molecule has 3 aromatic rings. The Morgan fingerprint density at radius 3 is 2.67 bits per heavy atom. The molecule has 0 bridgehead atoms. The highest BCUT2D eigenvalue weighted by atomic mass is 32.1. The molecule has 4 rings (SSSR count). The van der Waals surface area contributed by atoms with Crippen LogP contribution in [0.2, 0.25) is 0 Å². The van der Waals surface area contributed by atoms with Gasteiger partial charge in [0.05, 0.1) is 15.4 Å². The summed E-state index contributed by atoms with van der Waals surface area (Å²) in [5, 5.41) is 0.959. The number of benzene rings is 2. The van der Waals surface area contributed by atoms with E-state index >= 15 is 0 Å². The maximum Gasteiger partial charge on any atom is 0.256 e. The van der Waals surface area contributed by atoms with E-state index in [0.29, 0.717) is 13.1 Å². The Balaban J connectivity index is 1.51. The van der Waals surface area contributed by atoms with Crippen LogP contribution in [0.4, 0.5) is 8.78 Å². The van der Waals surface area contributed by atoms with Gasteiger partial charge < -0.3 is 4.90 Å². The number of amides is 1. The van der Waals surface area contributed by atoms with E-state index in [2.05, 4.69) is 4.98 Å². The van der Waals surface area contributed by atoms with Crippen LogP contribution in [-0.4, -0.2) is 28.9 Å². The third kappa shape index (κ3) is 3.76. The van der Waals surface area contributed by atoms with Gasteiger partial charge in [0.15, 0.2) is 0 Å². The lowest BCUT2D eigenvalue weighted by Gasteiger charge is -2.32. The van der Waals surface area contributed by atoms with E-state index in [1.165, 1.54) is 24.3 Å². The molecule has 1 aromatic heterocycles. The third-order valence-corrected chi connectivity index (χ3v) is 6.02. The number of carbonyl (C=O) groups is 1. The van der Waals surface area contributed by atoms with Crippen molar-refractivity contribution in [2.24, 2.45) is 0 Å². The molecule has 0 radical (unpaired) electrons. The van der Waals surface area contributed by atoms with Crippen LogP contribution in [-0.2, 0) is 0 Å². The van der Waals surface area contributed by atoms with E-state index in [4.69, 9.17) is 0 Å². The van der Waals surface area contributed by atoms with Crippen molar-refractivity contribution in [3.63, 3.8) is 0 Å². The Hall–Kier alpha value is -2.60. The van der Waals surface area contributed by atoms with Gasteiger partial charge in [-0.05, 0) is 42.7 Å². The Morgan fingerprint density at radius 1 is 1.11 bits per heavy atom. The first-order valence-electron chi connectivity index (χ1n) is 8.87. The Morgan fingerprint density at radius 2 is 1.89 bits per heavy atom. The molecular formula is C21H18F2N2OS. The van der Waals surface area contributed by atoms with Gasteiger partial charge in [-0.15, -0.1) is 11.3 Å². The molecule has 1 aliphatic heterocycles. The molecule has 1 saturated heterocycles. The molecule has 3 nitrogen and oxygen atoms in total. The molecule has 2 aromatic carbocycles. The van der Waals surface area contributed by atoms with Crippen molar-refractivity contribution < 1.29 is 13.6 Å². The topological polar surface area (TPSA) is 33.2 Å². The lowest BCUT2D eigenvalue weighted by Crippen LogP contribution is -2.39. The third-order valence-electron chi connectivity index (χ3n) is 4.81. The largest absolute Gasteiger partial charge is 0.338 e. The van der Waals surface area contributed by atoms with Crippen LogP contribution in [0, 0.1) is 11.6 Å². The van der Waals surface area contributed by atoms with Gasteiger partial charge in [0.1, 0.15) is 11.6 Å². The summed E-state index contributed by atoms with van der Waals surface area (Å²) in [6.07, 6.45) is 3.60. The number of piperidine rings is 1. The van der Waals surface area contributed by atoms with E-state index in [1.807, 2.05) is 0 Å². The van der Waals surface area contributed by atoms with Crippen LogP contribution in [0.3, 0.4) is 0 Å². The Kier molecular flexibility index (Phi) is 4.99. The Bertz CT molecular complexity index is 955. The van der Waals surface area contributed by atoms with E-state index in [1.54, 1.807) is 46.7 Å². The molecule has 0 aliphatic carbocycles. The van der Waals surface area contributed by atoms with Crippen molar-refractivity contribution in [2.75, 3.05) is 13.1 Å². The number of thiazole rings is 1. The highest BCUT2D eigenvalue weighted by Crippen LogP contribution is 2.34. The van der Waals surface area contributed by atoms with Crippen LogP contribution < -0.4 is 0 Å². The molecular weight excluding hydrogens is 366 g/mol. The monoisotopic (exact) mass is 384 g/mol. The van der Waals surface area contributed by atoms with Crippen molar-refractivity contribution in [2.45, 2.75) is 18.8 Å². The second-order valence-corrected chi connectivity index (χ2v) is 7.70. The predicted octanol–water partition coefficient (Wildman–Crippen LogP) is 5.11. The summed E-state index contributed by atoms with van der Waals surface area (Å²) >= 11 is 1.57. The van der Waals surface area contributed by atoms with Gasteiger partial charge >= 0.3 is 0 Å². The number of hydrogen-bond acceptors (Lipinski definition) is 3. The second-order valence-electron chi connectivity index (χ2n) is 6.64. The van der Waals surface area contributed by atoms with Gasteiger partial charge in [-0.2, -0.15) is 0 Å². The average Bonchev–Trinajstić information content (AvgIpc) is 3.19. The lowest BCUT2D eigenvalue weighted by atomic mass is 9.98. The first-order chi connectivity index (χ1) is 13.1. The van der Waals surface area contributed by atoms with E-state index < -0.39 is 5.82 Å². The highest BCUT2D eigenvalue weighted by molar-refractivity contribution is 7.15. The minimum atomic E-state index is -0.488. The van der Waals surface area contributed by atoms with E-state index in [-0.39, 0.29) is 23.2 Å². The van der Waals surface area contributed by atoms with Gasteiger partial charge in [-0.3, -0.25) is 4.79 Å². The number of carbonyl (C=O) groups excluding carboxylic acids is 1. The smallest absolute Gasteiger partial charge is 0.256 e. The zero-order valence-electron chi connectivity index (χ0n) is 14.6. The minimum absolute atomic E-state index is 0.115. The normalized spacial score (nSPS) is 17.1. The first-order valence-corrected chi connectivity index (χ1v) is 9.69. The number of nitrogens with zero attached hydrogens (tertiary/aromatic N) is 2. The molecule has 0 N–H and O–H groups in total. The average molecular weight is 384 g/mol. The fourth-order valence-corrected chi connectivity index (χ4v) is 4.44. The van der Waals surface area contributed by atoms with Gasteiger partial charge in [0.2, 0.25) is 0 Å². The Labute approximate surface area is 160 Å². The maximum atomic E-state index is 14.0.